The van der Waals surface area contributed by atoms with E-state index in [1.54, 1.807) is 0 Å². The Morgan fingerprint density at radius 3 is 2.58 bits per heavy atom. The van der Waals surface area contributed by atoms with E-state index in [0.29, 0.717) is 23.5 Å². The van der Waals surface area contributed by atoms with Crippen LogP contribution in [0.1, 0.15) is 29.7 Å². The largest absolute Gasteiger partial charge is 0.485 e. The summed E-state index contributed by atoms with van der Waals surface area (Å²) in [7, 11) is 0. The Morgan fingerprint density at radius 2 is 1.75 bits per heavy atom. The maximum atomic E-state index is 5.89. The Balaban J connectivity index is 1.46. The molecule has 0 amide bonds. The topological polar surface area (TPSA) is 57.4 Å². The predicted octanol–water partition coefficient (Wildman–Crippen LogP) is 4.44. The first-order chi connectivity index (χ1) is 11.8. The standard InChI is InChI=1S/C18H16N2O3S/c1-12(13-7-3-2-4-8-13)24-18-20-19-17(23-18)16-11-21-14-9-5-6-10-15(14)22-16/h2-10,12,16H,11H2,1H3. The van der Waals surface area contributed by atoms with Crippen LogP contribution in [-0.2, 0) is 0 Å². The Morgan fingerprint density at radius 1 is 1.00 bits per heavy atom. The fraction of sp³-hybridized carbons (Fsp3) is 0.222. The van der Waals surface area contributed by atoms with Gasteiger partial charge in [-0.3, -0.25) is 0 Å². The quantitative estimate of drug-likeness (QED) is 0.655. The molecular weight excluding hydrogens is 324 g/mol. The highest BCUT2D eigenvalue weighted by Crippen LogP contribution is 2.38. The lowest BCUT2D eigenvalue weighted by atomic mass is 10.2. The van der Waals surface area contributed by atoms with Crippen molar-refractivity contribution in [2.45, 2.75) is 23.5 Å². The van der Waals surface area contributed by atoms with Crippen LogP contribution in [0.25, 0.3) is 0 Å². The highest BCUT2D eigenvalue weighted by atomic mass is 32.2. The number of thioether (sulfide) groups is 1. The second-order valence-corrected chi connectivity index (χ2v) is 6.73. The van der Waals surface area contributed by atoms with Crippen molar-refractivity contribution in [2.24, 2.45) is 0 Å². The van der Waals surface area contributed by atoms with Crippen molar-refractivity contribution >= 4 is 11.8 Å². The fourth-order valence-electron chi connectivity index (χ4n) is 2.48. The van der Waals surface area contributed by atoms with Gasteiger partial charge in [-0.15, -0.1) is 10.2 Å². The Kier molecular flexibility index (Phi) is 4.13. The molecule has 0 aliphatic carbocycles. The van der Waals surface area contributed by atoms with E-state index < -0.39 is 0 Å². The van der Waals surface area contributed by atoms with Crippen LogP contribution in [0.5, 0.6) is 11.5 Å². The van der Waals surface area contributed by atoms with Crippen LogP contribution in [0.15, 0.2) is 64.2 Å². The van der Waals surface area contributed by atoms with E-state index in [1.165, 1.54) is 17.3 Å². The van der Waals surface area contributed by atoms with Gasteiger partial charge in [-0.25, -0.2) is 0 Å². The number of rotatable bonds is 4. The maximum Gasteiger partial charge on any atom is 0.277 e. The molecule has 0 saturated heterocycles. The number of para-hydroxylation sites is 2. The summed E-state index contributed by atoms with van der Waals surface area (Å²) in [6.45, 7) is 2.47. The van der Waals surface area contributed by atoms with Gasteiger partial charge in [-0.05, 0) is 24.6 Å². The van der Waals surface area contributed by atoms with Crippen LogP contribution < -0.4 is 9.47 Å². The summed E-state index contributed by atoms with van der Waals surface area (Å²) in [5, 5.41) is 9.00. The van der Waals surface area contributed by atoms with Crippen LogP contribution in [0.4, 0.5) is 0 Å². The molecular formula is C18H16N2O3S. The molecule has 122 valence electrons. The van der Waals surface area contributed by atoms with Crippen molar-refractivity contribution in [3.8, 4) is 11.5 Å². The first kappa shape index (κ1) is 15.1. The molecule has 5 nitrogen and oxygen atoms in total. The molecule has 2 heterocycles. The SMILES string of the molecule is CC(Sc1nnc(C2COc3ccccc3O2)o1)c1ccccc1. The molecule has 0 bridgehead atoms. The third kappa shape index (κ3) is 3.10. The summed E-state index contributed by atoms with van der Waals surface area (Å²) in [5.41, 5.74) is 1.22. The molecule has 3 aromatic rings. The minimum Gasteiger partial charge on any atom is -0.485 e. The van der Waals surface area contributed by atoms with Gasteiger partial charge in [0.05, 0.1) is 0 Å². The zero-order valence-corrected chi connectivity index (χ0v) is 13.9. The molecule has 1 aliphatic rings. The summed E-state index contributed by atoms with van der Waals surface area (Å²) < 4.78 is 17.3. The highest BCUT2D eigenvalue weighted by Gasteiger charge is 2.27. The average Bonchev–Trinajstić information content (AvgIpc) is 3.10. The van der Waals surface area contributed by atoms with E-state index in [4.69, 9.17) is 13.9 Å². The lowest BCUT2D eigenvalue weighted by Gasteiger charge is -2.23. The molecule has 4 rings (SSSR count). The van der Waals surface area contributed by atoms with Crippen molar-refractivity contribution in [3.63, 3.8) is 0 Å². The van der Waals surface area contributed by atoms with E-state index in [9.17, 15) is 0 Å². The lowest BCUT2D eigenvalue weighted by molar-refractivity contribution is 0.0686. The third-order valence-corrected chi connectivity index (χ3v) is 4.75. The molecule has 24 heavy (non-hydrogen) atoms. The van der Waals surface area contributed by atoms with Crippen molar-refractivity contribution in [2.75, 3.05) is 6.61 Å². The molecule has 1 aliphatic heterocycles. The van der Waals surface area contributed by atoms with Crippen LogP contribution in [0, 0.1) is 0 Å². The van der Waals surface area contributed by atoms with Gasteiger partial charge in [-0.2, -0.15) is 0 Å². The van der Waals surface area contributed by atoms with Crippen molar-refractivity contribution in [1.29, 1.82) is 0 Å². The molecule has 2 aromatic carbocycles. The number of benzene rings is 2. The van der Waals surface area contributed by atoms with Gasteiger partial charge in [0.25, 0.3) is 11.1 Å². The number of ether oxygens (including phenoxy) is 2. The first-order valence-electron chi connectivity index (χ1n) is 7.73. The summed E-state index contributed by atoms with van der Waals surface area (Å²) in [6.07, 6.45) is -0.381. The van der Waals surface area contributed by atoms with Gasteiger partial charge < -0.3 is 13.9 Å². The van der Waals surface area contributed by atoms with Crippen LogP contribution in [0.3, 0.4) is 0 Å². The monoisotopic (exact) mass is 340 g/mol. The number of hydrogen-bond acceptors (Lipinski definition) is 6. The van der Waals surface area contributed by atoms with Crippen LogP contribution >= 0.6 is 11.8 Å². The maximum absolute atomic E-state index is 5.89. The number of nitrogens with zero attached hydrogens (tertiary/aromatic N) is 2. The molecule has 0 radical (unpaired) electrons. The smallest absolute Gasteiger partial charge is 0.277 e. The summed E-state index contributed by atoms with van der Waals surface area (Å²) in [5.74, 6) is 1.87. The summed E-state index contributed by atoms with van der Waals surface area (Å²) >= 11 is 1.53. The van der Waals surface area contributed by atoms with Gasteiger partial charge in [-0.1, -0.05) is 54.2 Å². The highest BCUT2D eigenvalue weighted by molar-refractivity contribution is 7.99. The Hall–Kier alpha value is -2.47. The average molecular weight is 340 g/mol. The van der Waals surface area contributed by atoms with Gasteiger partial charge in [0.15, 0.2) is 11.5 Å². The van der Waals surface area contributed by atoms with Crippen molar-refractivity contribution in [3.05, 3.63) is 66.1 Å². The van der Waals surface area contributed by atoms with Crippen molar-refractivity contribution in [1.82, 2.24) is 10.2 Å². The molecule has 2 atom stereocenters. The van der Waals surface area contributed by atoms with Gasteiger partial charge in [0.2, 0.25) is 6.10 Å². The second kappa shape index (κ2) is 6.57. The number of aromatic nitrogens is 2. The lowest BCUT2D eigenvalue weighted by Crippen LogP contribution is -2.21. The number of hydrogen-bond donors (Lipinski definition) is 0. The predicted molar refractivity (Wildman–Crippen MR) is 90.3 cm³/mol. The normalized spacial score (nSPS) is 17.5. The van der Waals surface area contributed by atoms with Crippen molar-refractivity contribution < 1.29 is 13.9 Å². The van der Waals surface area contributed by atoms with Gasteiger partial charge >= 0.3 is 0 Å². The van der Waals surface area contributed by atoms with E-state index in [0.717, 1.165) is 5.75 Å². The molecule has 1 aromatic heterocycles. The van der Waals surface area contributed by atoms with E-state index >= 15 is 0 Å². The minimum absolute atomic E-state index is 0.226. The molecule has 0 N–H and O–H groups in total. The zero-order chi connectivity index (χ0) is 16.4. The van der Waals surface area contributed by atoms with Crippen LogP contribution in [0.2, 0.25) is 0 Å². The zero-order valence-electron chi connectivity index (χ0n) is 13.1. The number of fused-ring (bicyclic) bond motifs is 1. The van der Waals surface area contributed by atoms with Gasteiger partial charge in [0.1, 0.15) is 6.61 Å². The summed E-state index contributed by atoms with van der Waals surface area (Å²) in [6, 6.07) is 17.8. The molecule has 0 saturated carbocycles. The van der Waals surface area contributed by atoms with Gasteiger partial charge in [0, 0.05) is 5.25 Å². The molecule has 0 spiro atoms. The Labute approximate surface area is 144 Å². The molecule has 6 heteroatoms. The van der Waals surface area contributed by atoms with Crippen LogP contribution in [-0.4, -0.2) is 16.8 Å². The minimum atomic E-state index is -0.381. The molecule has 0 fully saturated rings. The first-order valence-corrected chi connectivity index (χ1v) is 8.61. The second-order valence-electron chi connectivity index (χ2n) is 5.44. The molecule has 2 unspecified atom stereocenters. The van der Waals surface area contributed by atoms with E-state index in [-0.39, 0.29) is 11.4 Å². The Bertz CT molecular complexity index is 822. The third-order valence-electron chi connectivity index (χ3n) is 3.75. The summed E-state index contributed by atoms with van der Waals surface area (Å²) in [4.78, 5) is 0. The van der Waals surface area contributed by atoms with E-state index in [1.807, 2.05) is 42.5 Å². The van der Waals surface area contributed by atoms with E-state index in [2.05, 4.69) is 29.3 Å². The fourth-order valence-corrected chi connectivity index (χ4v) is 3.30.